The van der Waals surface area contributed by atoms with E-state index in [2.05, 4.69) is 11.8 Å². The number of piperidine rings is 1. The maximum absolute atomic E-state index is 14.2. The van der Waals surface area contributed by atoms with E-state index in [-0.39, 0.29) is 17.1 Å². The number of methoxy groups -OCH3 is 1. The average Bonchev–Trinajstić information content (AvgIpc) is 3.08. The lowest BCUT2D eigenvalue weighted by Crippen LogP contribution is -2.46. The highest BCUT2D eigenvalue weighted by Crippen LogP contribution is 2.47. The van der Waals surface area contributed by atoms with Crippen molar-refractivity contribution in [2.24, 2.45) is 0 Å². The second-order valence-electron chi connectivity index (χ2n) is 8.61. The summed E-state index contributed by atoms with van der Waals surface area (Å²) < 4.78 is 19.4. The number of hydrogen-bond acceptors (Lipinski definition) is 3. The normalized spacial score (nSPS) is 17.9. The summed E-state index contributed by atoms with van der Waals surface area (Å²) in [5.74, 6) is 0.465. The lowest BCUT2D eigenvalue weighted by atomic mass is 9.74. The van der Waals surface area contributed by atoms with Gasteiger partial charge >= 0.3 is 0 Å². The van der Waals surface area contributed by atoms with Gasteiger partial charge in [0, 0.05) is 23.2 Å². The van der Waals surface area contributed by atoms with Crippen molar-refractivity contribution in [1.82, 2.24) is 4.90 Å². The van der Waals surface area contributed by atoms with Crippen LogP contribution in [0.15, 0.2) is 42.5 Å². The minimum Gasteiger partial charge on any atom is -0.497 e. The molecule has 1 saturated heterocycles. The van der Waals surface area contributed by atoms with Crippen LogP contribution in [0.4, 0.5) is 10.1 Å². The minimum atomic E-state index is -0.225. The van der Waals surface area contributed by atoms with Crippen molar-refractivity contribution in [3.8, 4) is 5.75 Å². The molecule has 160 valence electrons. The number of benzene rings is 2. The number of fused-ring (bicyclic) bond motifs is 2. The number of unbranched alkanes of at least 4 members (excludes halogenated alkanes) is 2. The first-order chi connectivity index (χ1) is 14.6. The molecule has 2 heterocycles. The van der Waals surface area contributed by atoms with E-state index >= 15 is 0 Å². The Labute approximate surface area is 178 Å². The SMILES string of the molecule is CCCCCN1CCC2(CC1)CN(C(=O)c1ccc(OC)cc1)c1ccc(F)cc12. The third kappa shape index (κ3) is 3.95. The molecule has 2 aliphatic heterocycles. The van der Waals surface area contributed by atoms with Crippen molar-refractivity contribution in [3.05, 3.63) is 59.4 Å². The van der Waals surface area contributed by atoms with Crippen molar-refractivity contribution in [2.45, 2.75) is 44.4 Å². The number of ether oxygens (including phenoxy) is 1. The number of halogens is 1. The molecule has 0 N–H and O–H groups in total. The Bertz CT molecular complexity index is 889. The van der Waals surface area contributed by atoms with E-state index in [1.165, 1.54) is 25.3 Å². The zero-order valence-electron chi connectivity index (χ0n) is 18.0. The number of amides is 1. The quantitative estimate of drug-likeness (QED) is 0.627. The van der Waals surface area contributed by atoms with Gasteiger partial charge in [-0.1, -0.05) is 19.8 Å². The van der Waals surface area contributed by atoms with Gasteiger partial charge in [-0.15, -0.1) is 0 Å². The molecule has 0 bridgehead atoms. The van der Waals surface area contributed by atoms with Crippen LogP contribution in [0.5, 0.6) is 5.75 Å². The van der Waals surface area contributed by atoms with Gasteiger partial charge in [0.25, 0.3) is 5.91 Å². The Morgan fingerprint density at radius 3 is 2.50 bits per heavy atom. The Balaban J connectivity index is 1.56. The molecule has 0 radical (unpaired) electrons. The number of carbonyl (C=O) groups excluding carboxylic acids is 1. The van der Waals surface area contributed by atoms with Crippen LogP contribution in [0.1, 0.15) is 54.9 Å². The fourth-order valence-corrected chi connectivity index (χ4v) is 4.93. The molecule has 0 saturated carbocycles. The fraction of sp³-hybridized carbons (Fsp3) is 0.480. The summed E-state index contributed by atoms with van der Waals surface area (Å²) in [6.07, 6.45) is 5.65. The first kappa shape index (κ1) is 20.9. The van der Waals surface area contributed by atoms with E-state index in [0.717, 1.165) is 49.5 Å². The average molecular weight is 411 g/mol. The minimum absolute atomic E-state index is 0.0345. The third-order valence-corrected chi connectivity index (χ3v) is 6.75. The molecule has 1 amide bonds. The second-order valence-corrected chi connectivity index (χ2v) is 8.61. The van der Waals surface area contributed by atoms with Crippen LogP contribution in [0, 0.1) is 5.82 Å². The summed E-state index contributed by atoms with van der Waals surface area (Å²) in [6.45, 7) is 5.99. The van der Waals surface area contributed by atoms with Crippen LogP contribution in [-0.4, -0.2) is 44.1 Å². The van der Waals surface area contributed by atoms with E-state index in [1.54, 1.807) is 43.5 Å². The zero-order chi connectivity index (χ0) is 21.1. The Hall–Kier alpha value is -2.40. The van der Waals surface area contributed by atoms with Gasteiger partial charge in [0.15, 0.2) is 0 Å². The van der Waals surface area contributed by atoms with Gasteiger partial charge in [-0.2, -0.15) is 0 Å². The van der Waals surface area contributed by atoms with E-state index in [9.17, 15) is 9.18 Å². The van der Waals surface area contributed by atoms with Gasteiger partial charge in [0.1, 0.15) is 11.6 Å². The molecule has 0 aromatic heterocycles. The number of anilines is 1. The van der Waals surface area contributed by atoms with Gasteiger partial charge in [-0.05, 0) is 86.9 Å². The summed E-state index contributed by atoms with van der Waals surface area (Å²) in [6, 6.07) is 12.1. The van der Waals surface area contributed by atoms with Gasteiger partial charge in [0.05, 0.1) is 7.11 Å². The van der Waals surface area contributed by atoms with Gasteiger partial charge in [0.2, 0.25) is 0 Å². The monoisotopic (exact) mass is 410 g/mol. The van der Waals surface area contributed by atoms with E-state index in [4.69, 9.17) is 4.74 Å². The van der Waals surface area contributed by atoms with Gasteiger partial charge in [-0.25, -0.2) is 4.39 Å². The Morgan fingerprint density at radius 2 is 1.83 bits per heavy atom. The maximum atomic E-state index is 14.2. The van der Waals surface area contributed by atoms with Crippen LogP contribution in [0.2, 0.25) is 0 Å². The van der Waals surface area contributed by atoms with Crippen LogP contribution < -0.4 is 9.64 Å². The third-order valence-electron chi connectivity index (χ3n) is 6.75. The highest BCUT2D eigenvalue weighted by Gasteiger charge is 2.46. The molecule has 30 heavy (non-hydrogen) atoms. The van der Waals surface area contributed by atoms with Crippen molar-refractivity contribution < 1.29 is 13.9 Å². The van der Waals surface area contributed by atoms with E-state index in [0.29, 0.717) is 12.1 Å². The number of nitrogens with zero attached hydrogens (tertiary/aromatic N) is 2. The van der Waals surface area contributed by atoms with Crippen LogP contribution >= 0.6 is 0 Å². The smallest absolute Gasteiger partial charge is 0.258 e. The molecular weight excluding hydrogens is 379 g/mol. The number of likely N-dealkylation sites (tertiary alicyclic amines) is 1. The highest BCUT2D eigenvalue weighted by atomic mass is 19.1. The molecule has 0 atom stereocenters. The molecule has 2 aromatic carbocycles. The van der Waals surface area contributed by atoms with Crippen LogP contribution in [-0.2, 0) is 5.41 Å². The van der Waals surface area contributed by atoms with Crippen LogP contribution in [0.25, 0.3) is 0 Å². The maximum Gasteiger partial charge on any atom is 0.258 e. The molecule has 0 unspecified atom stereocenters. The molecule has 1 spiro atoms. The van der Waals surface area contributed by atoms with Gasteiger partial charge in [-0.3, -0.25) is 4.79 Å². The van der Waals surface area contributed by atoms with Crippen molar-refractivity contribution in [3.63, 3.8) is 0 Å². The molecule has 2 aliphatic rings. The summed E-state index contributed by atoms with van der Waals surface area (Å²) in [4.78, 5) is 17.7. The lowest BCUT2D eigenvalue weighted by Gasteiger charge is -2.40. The Kier molecular flexibility index (Phi) is 6.09. The van der Waals surface area contributed by atoms with E-state index < -0.39 is 0 Å². The predicted molar refractivity (Wildman–Crippen MR) is 118 cm³/mol. The first-order valence-corrected chi connectivity index (χ1v) is 11.0. The predicted octanol–water partition coefficient (Wildman–Crippen LogP) is 5.02. The second kappa shape index (κ2) is 8.76. The summed E-state index contributed by atoms with van der Waals surface area (Å²) >= 11 is 0. The molecule has 2 aromatic rings. The van der Waals surface area contributed by atoms with Crippen molar-refractivity contribution in [2.75, 3.05) is 38.2 Å². The topological polar surface area (TPSA) is 32.8 Å². The number of rotatable bonds is 6. The zero-order valence-corrected chi connectivity index (χ0v) is 18.0. The summed E-state index contributed by atoms with van der Waals surface area (Å²) in [5.41, 5.74) is 2.33. The largest absolute Gasteiger partial charge is 0.497 e. The standard InChI is InChI=1S/C25H31FN2O2/c1-3-4-5-14-27-15-12-25(13-16-27)18-28(23-11-8-20(26)17-22(23)25)24(29)19-6-9-21(30-2)10-7-19/h6-11,17H,3-5,12-16,18H2,1-2H3. The van der Waals surface area contributed by atoms with E-state index in [1.807, 2.05) is 4.90 Å². The lowest BCUT2D eigenvalue weighted by molar-refractivity contribution is 0.0976. The molecule has 4 rings (SSSR count). The highest BCUT2D eigenvalue weighted by molar-refractivity contribution is 6.07. The summed E-state index contributed by atoms with van der Waals surface area (Å²) in [5, 5.41) is 0. The Morgan fingerprint density at radius 1 is 1.10 bits per heavy atom. The van der Waals surface area contributed by atoms with Gasteiger partial charge < -0.3 is 14.5 Å². The molecule has 0 aliphatic carbocycles. The number of hydrogen-bond donors (Lipinski definition) is 0. The molecule has 1 fully saturated rings. The molecular formula is C25H31FN2O2. The van der Waals surface area contributed by atoms with Crippen molar-refractivity contribution in [1.29, 1.82) is 0 Å². The fourth-order valence-electron chi connectivity index (χ4n) is 4.93. The summed E-state index contributed by atoms with van der Waals surface area (Å²) in [7, 11) is 1.61. The van der Waals surface area contributed by atoms with Crippen LogP contribution in [0.3, 0.4) is 0 Å². The molecule has 4 nitrogen and oxygen atoms in total. The first-order valence-electron chi connectivity index (χ1n) is 11.0. The molecule has 5 heteroatoms. The number of carbonyl (C=O) groups is 1. The van der Waals surface area contributed by atoms with Crippen molar-refractivity contribution >= 4 is 11.6 Å².